The van der Waals surface area contributed by atoms with E-state index in [1.807, 2.05) is 38.1 Å². The number of aryl methyl sites for hydroxylation is 1. The SMILES string of the molecule is [CH2]CC(C)CNC[C@H](NC(=O)c1nccc2ccccc12)C(=O)NC(=O)c1ccc(C)cc1. The van der Waals surface area contributed by atoms with E-state index in [1.54, 1.807) is 36.5 Å². The Hall–Kier alpha value is -3.58. The monoisotopic (exact) mass is 445 g/mol. The molecular formula is C26H29N4O3. The van der Waals surface area contributed by atoms with Crippen molar-refractivity contribution in [1.29, 1.82) is 0 Å². The first kappa shape index (κ1) is 24.1. The van der Waals surface area contributed by atoms with Crippen molar-refractivity contribution in [3.8, 4) is 0 Å². The van der Waals surface area contributed by atoms with Crippen molar-refractivity contribution in [3.05, 3.63) is 84.5 Å². The first-order valence-corrected chi connectivity index (χ1v) is 11.0. The van der Waals surface area contributed by atoms with Crippen LogP contribution in [0, 0.1) is 19.8 Å². The van der Waals surface area contributed by atoms with Crippen LogP contribution >= 0.6 is 0 Å². The van der Waals surface area contributed by atoms with Gasteiger partial charge in [0.05, 0.1) is 0 Å². The Morgan fingerprint density at radius 2 is 1.70 bits per heavy atom. The molecule has 0 aliphatic carbocycles. The zero-order valence-corrected chi connectivity index (χ0v) is 18.9. The van der Waals surface area contributed by atoms with Gasteiger partial charge in [-0.15, -0.1) is 0 Å². The van der Waals surface area contributed by atoms with Crippen molar-refractivity contribution in [3.63, 3.8) is 0 Å². The number of hydrogen-bond donors (Lipinski definition) is 3. The molecule has 7 heteroatoms. The van der Waals surface area contributed by atoms with Crippen LogP contribution in [-0.2, 0) is 4.79 Å². The summed E-state index contributed by atoms with van der Waals surface area (Å²) in [7, 11) is 0. The number of pyridine rings is 1. The molecule has 171 valence electrons. The van der Waals surface area contributed by atoms with Crippen LogP contribution in [0.4, 0.5) is 0 Å². The van der Waals surface area contributed by atoms with Crippen LogP contribution in [0.2, 0.25) is 0 Å². The number of carbonyl (C=O) groups is 3. The number of benzene rings is 2. The fourth-order valence-electron chi connectivity index (χ4n) is 3.29. The summed E-state index contributed by atoms with van der Waals surface area (Å²) in [6.07, 6.45) is 2.30. The van der Waals surface area contributed by atoms with Gasteiger partial charge < -0.3 is 10.6 Å². The fraction of sp³-hybridized carbons (Fsp3) is 0.269. The maximum atomic E-state index is 13.0. The van der Waals surface area contributed by atoms with Gasteiger partial charge in [-0.05, 0) is 49.4 Å². The number of nitrogens with zero attached hydrogens (tertiary/aromatic N) is 1. The van der Waals surface area contributed by atoms with Crippen molar-refractivity contribution in [1.82, 2.24) is 20.9 Å². The van der Waals surface area contributed by atoms with E-state index in [0.29, 0.717) is 23.4 Å². The normalized spacial score (nSPS) is 12.7. The smallest absolute Gasteiger partial charge is 0.271 e. The standard InChI is InChI=1S/C26H29N4O3/c1-4-17(2)15-27-16-22(25(32)30-24(31)20-11-9-18(3)10-12-20)29-26(33)23-21-8-6-5-7-19(21)13-14-28-23/h5-14,17,22,27H,1,4,15-16H2,2-3H3,(H,29,33)(H,30,31,32)/t17?,22-/m0/s1. The fourth-order valence-corrected chi connectivity index (χ4v) is 3.29. The maximum Gasteiger partial charge on any atom is 0.271 e. The summed E-state index contributed by atoms with van der Waals surface area (Å²) in [5.74, 6) is -1.29. The third-order valence-electron chi connectivity index (χ3n) is 5.40. The van der Waals surface area contributed by atoms with Gasteiger partial charge in [0, 0.05) is 23.7 Å². The van der Waals surface area contributed by atoms with E-state index in [9.17, 15) is 14.4 Å². The number of aromatic nitrogens is 1. The number of carbonyl (C=O) groups excluding carboxylic acids is 3. The molecule has 3 rings (SSSR count). The zero-order chi connectivity index (χ0) is 23.8. The predicted molar refractivity (Wildman–Crippen MR) is 129 cm³/mol. The molecule has 3 N–H and O–H groups in total. The van der Waals surface area contributed by atoms with E-state index < -0.39 is 23.8 Å². The van der Waals surface area contributed by atoms with Gasteiger partial charge >= 0.3 is 0 Å². The summed E-state index contributed by atoms with van der Waals surface area (Å²) in [6, 6.07) is 15.2. The van der Waals surface area contributed by atoms with E-state index in [-0.39, 0.29) is 12.2 Å². The number of amides is 3. The number of rotatable bonds is 9. The Bertz CT molecular complexity index is 1120. The lowest BCUT2D eigenvalue weighted by Gasteiger charge is -2.20. The van der Waals surface area contributed by atoms with Gasteiger partial charge in [-0.3, -0.25) is 24.7 Å². The number of nitrogens with one attached hydrogen (secondary N) is 3. The van der Waals surface area contributed by atoms with E-state index in [1.165, 1.54) is 0 Å². The van der Waals surface area contributed by atoms with Crippen molar-refractivity contribution >= 4 is 28.5 Å². The van der Waals surface area contributed by atoms with Gasteiger partial charge in [0.25, 0.3) is 17.7 Å². The first-order chi connectivity index (χ1) is 15.9. The minimum atomic E-state index is -0.968. The second-order valence-electron chi connectivity index (χ2n) is 8.14. The van der Waals surface area contributed by atoms with Crippen LogP contribution in [0.1, 0.15) is 39.8 Å². The Balaban J connectivity index is 1.76. The summed E-state index contributed by atoms with van der Waals surface area (Å²) < 4.78 is 0. The number of imide groups is 1. The van der Waals surface area contributed by atoms with Crippen LogP contribution in [-0.4, -0.2) is 41.8 Å². The zero-order valence-electron chi connectivity index (χ0n) is 18.9. The molecule has 0 bridgehead atoms. The molecule has 0 saturated heterocycles. The van der Waals surface area contributed by atoms with Crippen LogP contribution in [0.5, 0.6) is 0 Å². The van der Waals surface area contributed by atoms with Gasteiger partial charge in [-0.25, -0.2) is 0 Å². The van der Waals surface area contributed by atoms with E-state index in [2.05, 4.69) is 27.9 Å². The van der Waals surface area contributed by atoms with E-state index in [4.69, 9.17) is 0 Å². The van der Waals surface area contributed by atoms with Gasteiger partial charge in [-0.2, -0.15) is 0 Å². The second kappa shape index (κ2) is 11.3. The molecule has 3 amide bonds. The topological polar surface area (TPSA) is 100 Å². The highest BCUT2D eigenvalue weighted by molar-refractivity contribution is 6.09. The second-order valence-corrected chi connectivity index (χ2v) is 8.14. The third kappa shape index (κ3) is 6.46. The number of fused-ring (bicyclic) bond motifs is 1. The third-order valence-corrected chi connectivity index (χ3v) is 5.40. The molecule has 0 fully saturated rings. The van der Waals surface area contributed by atoms with E-state index >= 15 is 0 Å². The molecule has 0 spiro atoms. The minimum Gasteiger partial charge on any atom is -0.338 e. The van der Waals surface area contributed by atoms with Gasteiger partial charge in [0.15, 0.2) is 0 Å². The Kier molecular flexibility index (Phi) is 8.27. The average molecular weight is 446 g/mol. The quantitative estimate of drug-likeness (QED) is 0.470. The van der Waals surface area contributed by atoms with Crippen LogP contribution < -0.4 is 16.0 Å². The summed E-state index contributed by atoms with van der Waals surface area (Å²) in [5.41, 5.74) is 1.60. The summed E-state index contributed by atoms with van der Waals surface area (Å²) in [4.78, 5) is 42.8. The first-order valence-electron chi connectivity index (χ1n) is 11.0. The molecule has 0 aliphatic heterocycles. The highest BCUT2D eigenvalue weighted by atomic mass is 16.2. The summed E-state index contributed by atoms with van der Waals surface area (Å²) >= 11 is 0. The van der Waals surface area contributed by atoms with Gasteiger partial charge in [0.1, 0.15) is 11.7 Å². The van der Waals surface area contributed by atoms with Gasteiger partial charge in [-0.1, -0.05) is 55.8 Å². The largest absolute Gasteiger partial charge is 0.338 e. The molecule has 1 aromatic heterocycles. The highest BCUT2D eigenvalue weighted by Gasteiger charge is 2.25. The molecule has 3 aromatic rings. The lowest BCUT2D eigenvalue weighted by atomic mass is 10.1. The van der Waals surface area contributed by atoms with Crippen LogP contribution in [0.3, 0.4) is 0 Å². The predicted octanol–water partition coefficient (Wildman–Crippen LogP) is 3.05. The summed E-state index contributed by atoms with van der Waals surface area (Å²) in [5, 5.41) is 9.88. The molecule has 2 atom stereocenters. The molecule has 0 saturated carbocycles. The minimum absolute atomic E-state index is 0.161. The molecule has 33 heavy (non-hydrogen) atoms. The Morgan fingerprint density at radius 3 is 2.42 bits per heavy atom. The Morgan fingerprint density at radius 1 is 0.970 bits per heavy atom. The van der Waals surface area contributed by atoms with Crippen molar-refractivity contribution in [2.75, 3.05) is 13.1 Å². The summed E-state index contributed by atoms with van der Waals surface area (Å²) in [6.45, 7) is 8.61. The molecule has 7 nitrogen and oxygen atoms in total. The molecular weight excluding hydrogens is 416 g/mol. The number of hydrogen-bond acceptors (Lipinski definition) is 5. The van der Waals surface area contributed by atoms with Gasteiger partial charge in [0.2, 0.25) is 0 Å². The highest BCUT2D eigenvalue weighted by Crippen LogP contribution is 2.16. The lowest BCUT2D eigenvalue weighted by Crippen LogP contribution is -2.53. The molecule has 1 radical (unpaired) electrons. The van der Waals surface area contributed by atoms with Crippen LogP contribution in [0.15, 0.2) is 60.8 Å². The lowest BCUT2D eigenvalue weighted by molar-refractivity contribution is -0.121. The van der Waals surface area contributed by atoms with Crippen molar-refractivity contribution in [2.24, 2.45) is 5.92 Å². The van der Waals surface area contributed by atoms with E-state index in [0.717, 1.165) is 17.4 Å². The molecule has 2 aromatic carbocycles. The molecule has 1 heterocycles. The molecule has 1 unspecified atom stereocenters. The Labute approximate surface area is 194 Å². The van der Waals surface area contributed by atoms with Crippen LogP contribution in [0.25, 0.3) is 10.8 Å². The van der Waals surface area contributed by atoms with Crippen molar-refractivity contribution < 1.29 is 14.4 Å². The average Bonchev–Trinajstić information content (AvgIpc) is 2.83. The molecule has 0 aliphatic rings. The van der Waals surface area contributed by atoms with Crippen molar-refractivity contribution in [2.45, 2.75) is 26.3 Å². The maximum absolute atomic E-state index is 13.0.